The van der Waals surface area contributed by atoms with Crippen LogP contribution >= 0.6 is 0 Å². The molecule has 4 nitrogen and oxygen atoms in total. The molecule has 0 aliphatic carbocycles. The molecule has 1 unspecified atom stereocenters. The first kappa shape index (κ1) is 13.9. The standard InChI is InChI=1S/C15H22N2O2/c1-17(10-5-11-19-2)15(18)14-9-8-12-6-3-4-7-13(12)16-14/h3-4,6-7,14,16H,5,8-11H2,1-2H3. The highest BCUT2D eigenvalue weighted by molar-refractivity contribution is 5.85. The van der Waals surface area contributed by atoms with Crippen LogP contribution in [0, 0.1) is 0 Å². The summed E-state index contributed by atoms with van der Waals surface area (Å²) in [7, 11) is 3.54. The Labute approximate surface area is 114 Å². The number of hydrogen-bond acceptors (Lipinski definition) is 3. The predicted octanol–water partition coefficient (Wildman–Crippen LogP) is 1.91. The Morgan fingerprint density at radius 1 is 1.47 bits per heavy atom. The number of amides is 1. The van der Waals surface area contributed by atoms with Crippen LogP contribution in [0.2, 0.25) is 0 Å². The summed E-state index contributed by atoms with van der Waals surface area (Å²) in [5, 5.41) is 3.35. The summed E-state index contributed by atoms with van der Waals surface area (Å²) < 4.78 is 5.01. The van der Waals surface area contributed by atoms with E-state index in [0.29, 0.717) is 6.61 Å². The van der Waals surface area contributed by atoms with Crippen molar-refractivity contribution in [2.24, 2.45) is 0 Å². The number of benzene rings is 1. The van der Waals surface area contributed by atoms with Gasteiger partial charge in [-0.1, -0.05) is 18.2 Å². The molecule has 0 fully saturated rings. The summed E-state index contributed by atoms with van der Waals surface area (Å²) in [6, 6.07) is 8.10. The van der Waals surface area contributed by atoms with E-state index in [1.807, 2.05) is 25.2 Å². The fraction of sp³-hybridized carbons (Fsp3) is 0.533. The third-order valence-corrected chi connectivity index (χ3v) is 3.57. The van der Waals surface area contributed by atoms with E-state index in [-0.39, 0.29) is 11.9 Å². The molecule has 1 atom stereocenters. The number of carbonyl (C=O) groups excluding carboxylic acids is 1. The number of likely N-dealkylation sites (N-methyl/N-ethyl adjacent to an activating group) is 1. The highest BCUT2D eigenvalue weighted by atomic mass is 16.5. The fourth-order valence-electron chi connectivity index (χ4n) is 2.45. The van der Waals surface area contributed by atoms with Crippen LogP contribution in [-0.4, -0.2) is 44.2 Å². The molecule has 0 spiro atoms. The molecule has 2 rings (SSSR count). The largest absolute Gasteiger partial charge is 0.385 e. The van der Waals surface area contributed by atoms with Gasteiger partial charge in [0.1, 0.15) is 6.04 Å². The molecule has 0 radical (unpaired) electrons. The van der Waals surface area contributed by atoms with Gasteiger partial charge in [-0.2, -0.15) is 0 Å². The van der Waals surface area contributed by atoms with Crippen LogP contribution in [0.3, 0.4) is 0 Å². The van der Waals surface area contributed by atoms with E-state index in [1.54, 1.807) is 12.0 Å². The number of anilines is 1. The molecule has 104 valence electrons. The second-order valence-corrected chi connectivity index (χ2v) is 5.00. The number of fused-ring (bicyclic) bond motifs is 1. The summed E-state index contributed by atoms with van der Waals surface area (Å²) in [6.07, 6.45) is 2.71. The number of aryl methyl sites for hydroxylation is 1. The average molecular weight is 262 g/mol. The number of methoxy groups -OCH3 is 1. The van der Waals surface area contributed by atoms with E-state index in [9.17, 15) is 4.79 Å². The Balaban J connectivity index is 1.91. The molecule has 0 bridgehead atoms. The average Bonchev–Trinajstić information content (AvgIpc) is 2.46. The molecule has 4 heteroatoms. The van der Waals surface area contributed by atoms with Crippen LogP contribution in [0.4, 0.5) is 5.69 Å². The third kappa shape index (κ3) is 3.47. The zero-order chi connectivity index (χ0) is 13.7. The van der Waals surface area contributed by atoms with Crippen molar-refractivity contribution in [3.05, 3.63) is 29.8 Å². The molecule has 0 saturated carbocycles. The molecule has 1 N–H and O–H groups in total. The molecule has 1 aromatic carbocycles. The fourth-order valence-corrected chi connectivity index (χ4v) is 2.45. The summed E-state index contributed by atoms with van der Waals surface area (Å²) in [5.41, 5.74) is 2.39. The van der Waals surface area contributed by atoms with Gasteiger partial charge < -0.3 is 15.0 Å². The Bertz CT molecular complexity index is 434. The van der Waals surface area contributed by atoms with Crippen molar-refractivity contribution in [1.82, 2.24) is 4.90 Å². The molecular formula is C15H22N2O2. The third-order valence-electron chi connectivity index (χ3n) is 3.57. The Kier molecular flexibility index (Phi) is 4.80. The lowest BCUT2D eigenvalue weighted by molar-refractivity contribution is -0.131. The molecular weight excluding hydrogens is 240 g/mol. The number of ether oxygens (including phenoxy) is 1. The summed E-state index contributed by atoms with van der Waals surface area (Å²) in [6.45, 7) is 1.44. The van der Waals surface area contributed by atoms with Crippen LogP contribution in [0.5, 0.6) is 0 Å². The molecule has 1 heterocycles. The lowest BCUT2D eigenvalue weighted by atomic mass is 9.97. The topological polar surface area (TPSA) is 41.6 Å². The SMILES string of the molecule is COCCCN(C)C(=O)C1CCc2ccccc2N1. The quantitative estimate of drug-likeness (QED) is 0.824. The maximum atomic E-state index is 12.3. The zero-order valence-corrected chi connectivity index (χ0v) is 11.7. The van der Waals surface area contributed by atoms with E-state index in [4.69, 9.17) is 4.74 Å². The van der Waals surface area contributed by atoms with E-state index >= 15 is 0 Å². The van der Waals surface area contributed by atoms with Crippen molar-refractivity contribution in [2.45, 2.75) is 25.3 Å². The van der Waals surface area contributed by atoms with Gasteiger partial charge in [0.2, 0.25) is 5.91 Å². The number of carbonyl (C=O) groups is 1. The lowest BCUT2D eigenvalue weighted by Gasteiger charge is -2.29. The van der Waals surface area contributed by atoms with Gasteiger partial charge in [-0.3, -0.25) is 4.79 Å². The van der Waals surface area contributed by atoms with Gasteiger partial charge in [0.15, 0.2) is 0 Å². The van der Waals surface area contributed by atoms with Crippen LogP contribution in [0.25, 0.3) is 0 Å². The molecule has 0 saturated heterocycles. The van der Waals surface area contributed by atoms with E-state index in [0.717, 1.165) is 31.5 Å². The van der Waals surface area contributed by atoms with Gasteiger partial charge in [0.25, 0.3) is 0 Å². The first-order valence-corrected chi connectivity index (χ1v) is 6.80. The first-order chi connectivity index (χ1) is 9.22. The molecule has 0 aromatic heterocycles. The monoisotopic (exact) mass is 262 g/mol. The Hall–Kier alpha value is -1.55. The second kappa shape index (κ2) is 6.57. The molecule has 19 heavy (non-hydrogen) atoms. The van der Waals surface area contributed by atoms with Gasteiger partial charge >= 0.3 is 0 Å². The van der Waals surface area contributed by atoms with Gasteiger partial charge in [0.05, 0.1) is 0 Å². The Morgan fingerprint density at radius 3 is 3.05 bits per heavy atom. The van der Waals surface area contributed by atoms with Crippen molar-refractivity contribution >= 4 is 11.6 Å². The number of hydrogen-bond donors (Lipinski definition) is 1. The molecule has 1 aromatic rings. The van der Waals surface area contributed by atoms with Crippen LogP contribution in [0.1, 0.15) is 18.4 Å². The lowest BCUT2D eigenvalue weighted by Crippen LogP contribution is -2.43. The van der Waals surface area contributed by atoms with E-state index < -0.39 is 0 Å². The molecule has 1 amide bonds. The highest BCUT2D eigenvalue weighted by Crippen LogP contribution is 2.24. The van der Waals surface area contributed by atoms with Crippen LogP contribution in [-0.2, 0) is 16.0 Å². The van der Waals surface area contributed by atoms with Crippen LogP contribution in [0.15, 0.2) is 24.3 Å². The highest BCUT2D eigenvalue weighted by Gasteiger charge is 2.25. The van der Waals surface area contributed by atoms with Crippen molar-refractivity contribution < 1.29 is 9.53 Å². The summed E-state index contributed by atoms with van der Waals surface area (Å²) in [5.74, 6) is 0.172. The predicted molar refractivity (Wildman–Crippen MR) is 76.3 cm³/mol. The molecule has 1 aliphatic rings. The normalized spacial score (nSPS) is 17.5. The smallest absolute Gasteiger partial charge is 0.244 e. The minimum atomic E-state index is -0.0950. The first-order valence-electron chi connectivity index (χ1n) is 6.80. The van der Waals surface area contributed by atoms with Gasteiger partial charge in [-0.05, 0) is 30.9 Å². The van der Waals surface area contributed by atoms with E-state index in [2.05, 4.69) is 11.4 Å². The van der Waals surface area contributed by atoms with Crippen molar-refractivity contribution in [3.8, 4) is 0 Å². The number of para-hydroxylation sites is 1. The minimum Gasteiger partial charge on any atom is -0.385 e. The summed E-state index contributed by atoms with van der Waals surface area (Å²) in [4.78, 5) is 14.1. The summed E-state index contributed by atoms with van der Waals surface area (Å²) >= 11 is 0. The van der Waals surface area contributed by atoms with Crippen molar-refractivity contribution in [2.75, 3.05) is 32.6 Å². The van der Waals surface area contributed by atoms with Gasteiger partial charge in [-0.25, -0.2) is 0 Å². The van der Waals surface area contributed by atoms with Gasteiger partial charge in [0, 0.05) is 33.0 Å². The number of nitrogens with zero attached hydrogens (tertiary/aromatic N) is 1. The maximum absolute atomic E-state index is 12.3. The second-order valence-electron chi connectivity index (χ2n) is 5.00. The minimum absolute atomic E-state index is 0.0950. The van der Waals surface area contributed by atoms with Crippen LogP contribution < -0.4 is 5.32 Å². The van der Waals surface area contributed by atoms with Gasteiger partial charge in [-0.15, -0.1) is 0 Å². The van der Waals surface area contributed by atoms with Crippen molar-refractivity contribution in [1.29, 1.82) is 0 Å². The Morgan fingerprint density at radius 2 is 2.26 bits per heavy atom. The number of rotatable bonds is 5. The van der Waals surface area contributed by atoms with E-state index in [1.165, 1.54) is 5.56 Å². The number of nitrogens with one attached hydrogen (secondary N) is 1. The zero-order valence-electron chi connectivity index (χ0n) is 11.7. The maximum Gasteiger partial charge on any atom is 0.244 e. The van der Waals surface area contributed by atoms with Crippen molar-refractivity contribution in [3.63, 3.8) is 0 Å². The molecule has 1 aliphatic heterocycles.